The number of anilines is 1. The van der Waals surface area contributed by atoms with Crippen LogP contribution in [0.4, 0.5) is 5.69 Å². The zero-order chi connectivity index (χ0) is 10.5. The quantitative estimate of drug-likeness (QED) is 0.471. The molecule has 0 aliphatic heterocycles. The minimum atomic E-state index is 0.619. The normalized spacial score (nSPS) is 9.60. The highest BCUT2D eigenvalue weighted by Crippen LogP contribution is 2.15. The molecule has 0 aliphatic rings. The summed E-state index contributed by atoms with van der Waals surface area (Å²) in [4.78, 5) is 10.2. The Labute approximate surface area is 88.0 Å². The monoisotopic (exact) mass is 201 g/mol. The fourth-order valence-electron chi connectivity index (χ4n) is 1.10. The molecule has 0 radical (unpaired) electrons. The van der Waals surface area contributed by atoms with E-state index >= 15 is 0 Å². The van der Waals surface area contributed by atoms with Crippen molar-refractivity contribution in [1.82, 2.24) is 0 Å². The molecule has 0 aromatic heterocycles. The molecule has 15 heavy (non-hydrogen) atoms. The Morgan fingerprint density at radius 3 is 1.80 bits per heavy atom. The summed E-state index contributed by atoms with van der Waals surface area (Å²) >= 11 is 0. The van der Waals surface area contributed by atoms with Crippen molar-refractivity contribution in [3.05, 3.63) is 54.6 Å². The molecule has 0 spiro atoms. The first-order chi connectivity index (χ1) is 7.34. The second kappa shape index (κ2) is 4.37. The van der Waals surface area contributed by atoms with Crippen LogP contribution in [0.3, 0.4) is 0 Å². The Morgan fingerprint density at radius 2 is 1.20 bits per heavy atom. The molecule has 0 saturated heterocycles. The van der Waals surface area contributed by atoms with Gasteiger partial charge in [-0.15, -0.1) is 0 Å². The van der Waals surface area contributed by atoms with Gasteiger partial charge in [-0.05, 0) is 36.4 Å². The molecule has 2 aromatic carbocycles. The molecule has 2 aromatic rings. The number of hydrogen-bond donors (Lipinski definition) is 1. The van der Waals surface area contributed by atoms with Gasteiger partial charge >= 0.3 is 0 Å². The second-order valence-electron chi connectivity index (χ2n) is 3.05. The number of rotatable bonds is 3. The Kier molecular flexibility index (Phi) is 2.74. The lowest BCUT2D eigenvalue weighted by Gasteiger charge is -2.05. The fraction of sp³-hybridized carbons (Fsp3) is 0. The molecule has 0 unspecified atom stereocenters. The molecule has 0 bridgehead atoms. The van der Waals surface area contributed by atoms with Gasteiger partial charge in [-0.3, -0.25) is 9.78 Å². The van der Waals surface area contributed by atoms with E-state index in [1.54, 1.807) is 24.3 Å². The summed E-state index contributed by atoms with van der Waals surface area (Å²) in [5.74, 6) is 1.28. The lowest BCUT2D eigenvalue weighted by atomic mass is 10.3. The maximum absolute atomic E-state index is 5.54. The number of benzene rings is 2. The molecule has 3 heteroatoms. The minimum Gasteiger partial charge on any atom is -0.399 e. The molecular weight excluding hydrogens is 190 g/mol. The third kappa shape index (κ3) is 2.64. The largest absolute Gasteiger partial charge is 0.399 e. The van der Waals surface area contributed by atoms with Gasteiger partial charge in [0, 0.05) is 5.69 Å². The zero-order valence-electron chi connectivity index (χ0n) is 8.09. The van der Waals surface area contributed by atoms with E-state index in [1.807, 2.05) is 30.3 Å². The van der Waals surface area contributed by atoms with Gasteiger partial charge in [0.05, 0.1) is 0 Å². The van der Waals surface area contributed by atoms with Crippen LogP contribution in [0.5, 0.6) is 11.5 Å². The molecule has 0 aliphatic carbocycles. The van der Waals surface area contributed by atoms with Crippen molar-refractivity contribution in [2.75, 3.05) is 5.73 Å². The first-order valence-corrected chi connectivity index (χ1v) is 4.60. The molecule has 2 rings (SSSR count). The average Bonchev–Trinajstić information content (AvgIpc) is 2.30. The van der Waals surface area contributed by atoms with E-state index in [1.165, 1.54) is 0 Å². The Hall–Kier alpha value is -2.16. The summed E-state index contributed by atoms with van der Waals surface area (Å²) < 4.78 is 0. The Morgan fingerprint density at radius 1 is 0.667 bits per heavy atom. The molecule has 0 saturated carbocycles. The van der Waals surface area contributed by atoms with Crippen molar-refractivity contribution < 1.29 is 9.78 Å². The molecular formula is C12H11NO2. The van der Waals surface area contributed by atoms with Crippen LogP contribution in [0, 0.1) is 0 Å². The van der Waals surface area contributed by atoms with Gasteiger partial charge in [0.1, 0.15) is 0 Å². The molecule has 0 heterocycles. The van der Waals surface area contributed by atoms with Gasteiger partial charge in [-0.2, -0.15) is 0 Å². The van der Waals surface area contributed by atoms with Crippen LogP contribution in [0.15, 0.2) is 54.6 Å². The summed E-state index contributed by atoms with van der Waals surface area (Å²) in [5.41, 5.74) is 6.23. The van der Waals surface area contributed by atoms with E-state index in [0.29, 0.717) is 17.2 Å². The van der Waals surface area contributed by atoms with Gasteiger partial charge in [0.25, 0.3) is 0 Å². The second-order valence-corrected chi connectivity index (χ2v) is 3.05. The summed E-state index contributed by atoms with van der Waals surface area (Å²) in [6.07, 6.45) is 0. The molecule has 0 amide bonds. The maximum atomic E-state index is 5.54. The smallest absolute Gasteiger partial charge is 0.178 e. The summed E-state index contributed by atoms with van der Waals surface area (Å²) in [5, 5.41) is 0. The summed E-state index contributed by atoms with van der Waals surface area (Å²) in [6, 6.07) is 16.3. The first-order valence-electron chi connectivity index (χ1n) is 4.60. The lowest BCUT2D eigenvalue weighted by molar-refractivity contribution is -0.0999. The number of para-hydroxylation sites is 1. The van der Waals surface area contributed by atoms with E-state index < -0.39 is 0 Å². The third-order valence-electron chi connectivity index (χ3n) is 1.86. The van der Waals surface area contributed by atoms with Crippen molar-refractivity contribution >= 4 is 5.69 Å². The standard InChI is InChI=1S/C12H11NO2/c13-10-6-8-12(9-7-10)15-14-11-4-2-1-3-5-11/h1-9H,13H2. The Bertz CT molecular complexity index is 411. The van der Waals surface area contributed by atoms with Crippen LogP contribution in [0.1, 0.15) is 0 Å². The van der Waals surface area contributed by atoms with Crippen molar-refractivity contribution in [2.45, 2.75) is 0 Å². The van der Waals surface area contributed by atoms with E-state index in [4.69, 9.17) is 15.5 Å². The van der Waals surface area contributed by atoms with Crippen LogP contribution >= 0.6 is 0 Å². The van der Waals surface area contributed by atoms with Crippen LogP contribution in [0.25, 0.3) is 0 Å². The molecule has 0 fully saturated rings. The minimum absolute atomic E-state index is 0.619. The van der Waals surface area contributed by atoms with Crippen LogP contribution in [-0.2, 0) is 0 Å². The van der Waals surface area contributed by atoms with Gasteiger partial charge in [-0.1, -0.05) is 18.2 Å². The average molecular weight is 201 g/mol. The molecule has 76 valence electrons. The lowest BCUT2D eigenvalue weighted by Crippen LogP contribution is -1.99. The van der Waals surface area contributed by atoms with Gasteiger partial charge in [0.15, 0.2) is 11.5 Å². The van der Waals surface area contributed by atoms with E-state index in [9.17, 15) is 0 Å². The highest BCUT2D eigenvalue weighted by atomic mass is 17.2. The topological polar surface area (TPSA) is 44.5 Å². The van der Waals surface area contributed by atoms with Gasteiger partial charge < -0.3 is 5.73 Å². The van der Waals surface area contributed by atoms with Crippen molar-refractivity contribution in [3.63, 3.8) is 0 Å². The predicted molar refractivity (Wildman–Crippen MR) is 58.6 cm³/mol. The Balaban J connectivity index is 1.96. The molecule has 0 atom stereocenters. The van der Waals surface area contributed by atoms with Crippen molar-refractivity contribution in [3.8, 4) is 11.5 Å². The van der Waals surface area contributed by atoms with E-state index in [0.717, 1.165) is 0 Å². The molecule has 3 nitrogen and oxygen atoms in total. The van der Waals surface area contributed by atoms with Gasteiger partial charge in [-0.25, -0.2) is 0 Å². The van der Waals surface area contributed by atoms with Crippen LogP contribution in [-0.4, -0.2) is 0 Å². The molecule has 2 N–H and O–H groups in total. The zero-order valence-corrected chi connectivity index (χ0v) is 8.09. The fourth-order valence-corrected chi connectivity index (χ4v) is 1.10. The van der Waals surface area contributed by atoms with Crippen LogP contribution < -0.4 is 15.5 Å². The van der Waals surface area contributed by atoms with E-state index in [-0.39, 0.29) is 0 Å². The van der Waals surface area contributed by atoms with Crippen LogP contribution in [0.2, 0.25) is 0 Å². The number of hydrogen-bond acceptors (Lipinski definition) is 3. The number of nitrogens with two attached hydrogens (primary N) is 1. The highest BCUT2D eigenvalue weighted by Gasteiger charge is 1.95. The van der Waals surface area contributed by atoms with E-state index in [2.05, 4.69) is 0 Å². The number of nitrogen functional groups attached to an aromatic ring is 1. The van der Waals surface area contributed by atoms with Crippen molar-refractivity contribution in [2.24, 2.45) is 0 Å². The van der Waals surface area contributed by atoms with Crippen molar-refractivity contribution in [1.29, 1.82) is 0 Å². The first kappa shape index (κ1) is 9.40. The third-order valence-corrected chi connectivity index (χ3v) is 1.86. The maximum Gasteiger partial charge on any atom is 0.178 e. The highest BCUT2D eigenvalue weighted by molar-refractivity contribution is 5.41. The summed E-state index contributed by atoms with van der Waals surface area (Å²) in [7, 11) is 0. The SMILES string of the molecule is Nc1ccc(OOc2ccccc2)cc1. The van der Waals surface area contributed by atoms with Gasteiger partial charge in [0.2, 0.25) is 0 Å². The summed E-state index contributed by atoms with van der Waals surface area (Å²) in [6.45, 7) is 0. The predicted octanol–water partition coefficient (Wildman–Crippen LogP) is 2.64.